The van der Waals surface area contributed by atoms with Crippen molar-refractivity contribution >= 4 is 49.6 Å². The van der Waals surface area contributed by atoms with E-state index in [-0.39, 0.29) is 0 Å². The maximum atomic E-state index is 7.13. The van der Waals surface area contributed by atoms with E-state index in [9.17, 15) is 0 Å². The Morgan fingerprint density at radius 2 is 0.576 bits per heavy atom. The number of benzene rings is 11. The molecule has 0 aliphatic rings. The predicted molar refractivity (Wildman–Crippen MR) is 279 cm³/mol. The number of hydrogen-bond donors (Lipinski definition) is 0. The van der Waals surface area contributed by atoms with Crippen LogP contribution in [0.1, 0.15) is 0 Å². The van der Waals surface area contributed by atoms with E-state index in [2.05, 4.69) is 266 Å². The van der Waals surface area contributed by atoms with E-state index in [4.69, 9.17) is 4.42 Å². The molecule has 0 saturated heterocycles. The maximum Gasteiger partial charge on any atom is 0.143 e. The van der Waals surface area contributed by atoms with Crippen molar-refractivity contribution in [3.63, 3.8) is 0 Å². The summed E-state index contributed by atoms with van der Waals surface area (Å²) < 4.78 is 7.13. The van der Waals surface area contributed by atoms with Crippen LogP contribution in [0.3, 0.4) is 0 Å². The highest BCUT2D eigenvalue weighted by atomic mass is 16.3. The second-order valence-electron chi connectivity index (χ2n) is 16.8. The highest BCUT2D eigenvalue weighted by Crippen LogP contribution is 2.49. The zero-order valence-corrected chi connectivity index (χ0v) is 36.2. The molecule has 12 aromatic rings. The summed E-state index contributed by atoms with van der Waals surface area (Å²) >= 11 is 0. The summed E-state index contributed by atoms with van der Waals surface area (Å²) in [7, 11) is 0. The van der Waals surface area contributed by atoms with E-state index in [1.54, 1.807) is 0 Å². The second kappa shape index (κ2) is 16.8. The van der Waals surface area contributed by atoms with Gasteiger partial charge in [-0.1, -0.05) is 212 Å². The molecule has 0 aliphatic carbocycles. The molecular weight excluding hydrogens is 799 g/mol. The lowest BCUT2D eigenvalue weighted by atomic mass is 9.90. The van der Waals surface area contributed by atoms with Gasteiger partial charge in [-0.15, -0.1) is 0 Å². The van der Waals surface area contributed by atoms with E-state index in [0.29, 0.717) is 0 Å². The van der Waals surface area contributed by atoms with Gasteiger partial charge in [-0.25, -0.2) is 0 Å². The third-order valence-electron chi connectivity index (χ3n) is 12.9. The molecule has 310 valence electrons. The highest BCUT2D eigenvalue weighted by Gasteiger charge is 2.23. The number of hydrogen-bond acceptors (Lipinski definition) is 2. The Kier molecular flexibility index (Phi) is 9.89. The molecule has 1 heterocycles. The number of anilines is 3. The molecule has 12 rings (SSSR count). The predicted octanol–water partition coefficient (Wildman–Crippen LogP) is 18.2. The van der Waals surface area contributed by atoms with Gasteiger partial charge in [0.25, 0.3) is 0 Å². The molecule has 0 atom stereocenters. The fraction of sp³-hybridized carbons (Fsp3) is 0. The molecule has 0 amide bonds. The number of furan rings is 1. The van der Waals surface area contributed by atoms with E-state index < -0.39 is 0 Å². The third-order valence-corrected chi connectivity index (χ3v) is 12.9. The van der Waals surface area contributed by atoms with E-state index in [0.717, 1.165) is 77.9 Å². The molecule has 0 bridgehead atoms. The Morgan fingerprint density at radius 1 is 0.242 bits per heavy atom. The molecule has 0 unspecified atom stereocenters. The lowest BCUT2D eigenvalue weighted by Crippen LogP contribution is -2.09. The Hall–Kier alpha value is -8.72. The average Bonchev–Trinajstić information content (AvgIpc) is 3.82. The monoisotopic (exact) mass is 841 g/mol. The zero-order valence-electron chi connectivity index (χ0n) is 36.2. The molecule has 66 heavy (non-hydrogen) atoms. The van der Waals surface area contributed by atoms with Crippen molar-refractivity contribution in [2.24, 2.45) is 0 Å². The van der Waals surface area contributed by atoms with Gasteiger partial charge in [0, 0.05) is 39.0 Å². The molecule has 0 aliphatic heterocycles. The number of nitrogens with zero attached hydrogens (tertiary/aromatic N) is 1. The van der Waals surface area contributed by atoms with Crippen molar-refractivity contribution < 1.29 is 4.42 Å². The maximum absolute atomic E-state index is 7.13. The van der Waals surface area contributed by atoms with Gasteiger partial charge >= 0.3 is 0 Å². The first-order valence-electron chi connectivity index (χ1n) is 22.6. The average molecular weight is 842 g/mol. The van der Waals surface area contributed by atoms with E-state index >= 15 is 0 Å². The van der Waals surface area contributed by atoms with Crippen molar-refractivity contribution in [2.75, 3.05) is 4.90 Å². The van der Waals surface area contributed by atoms with Gasteiger partial charge < -0.3 is 9.32 Å². The third kappa shape index (κ3) is 7.12. The first-order chi connectivity index (χ1) is 32.7. The van der Waals surface area contributed by atoms with Crippen LogP contribution >= 0.6 is 0 Å². The molecule has 0 spiro atoms. The molecule has 1 aromatic heterocycles. The summed E-state index contributed by atoms with van der Waals surface area (Å²) in [5, 5.41) is 5.74. The molecule has 0 fully saturated rings. The minimum Gasteiger partial charge on any atom is -0.455 e. The van der Waals surface area contributed by atoms with Crippen molar-refractivity contribution in [1.29, 1.82) is 0 Å². The van der Waals surface area contributed by atoms with Crippen LogP contribution in [0.15, 0.2) is 265 Å². The summed E-state index contributed by atoms with van der Waals surface area (Å²) in [4.78, 5) is 2.34. The molecule has 2 heteroatoms. The zero-order chi connectivity index (χ0) is 43.8. The van der Waals surface area contributed by atoms with Crippen LogP contribution in [0.25, 0.3) is 99.5 Å². The second-order valence-corrected chi connectivity index (χ2v) is 16.8. The molecule has 0 radical (unpaired) electrons. The summed E-state index contributed by atoms with van der Waals surface area (Å²) in [5.74, 6) is 0.879. The van der Waals surface area contributed by atoms with Gasteiger partial charge in [0.2, 0.25) is 0 Å². The fourth-order valence-corrected chi connectivity index (χ4v) is 9.61. The van der Waals surface area contributed by atoms with E-state index in [1.165, 1.54) is 38.6 Å². The van der Waals surface area contributed by atoms with Crippen LogP contribution in [-0.2, 0) is 0 Å². The van der Waals surface area contributed by atoms with Gasteiger partial charge in [-0.05, 0) is 115 Å². The lowest BCUT2D eigenvalue weighted by molar-refractivity contribution is 0.636. The summed E-state index contributed by atoms with van der Waals surface area (Å²) in [6.45, 7) is 0. The molecule has 0 N–H and O–H groups in total. The highest BCUT2D eigenvalue weighted by molar-refractivity contribution is 6.29. The molecule has 0 saturated carbocycles. The Balaban J connectivity index is 1.00. The lowest BCUT2D eigenvalue weighted by Gasteiger charge is -2.26. The number of rotatable bonds is 9. The Labute approximate surface area is 384 Å². The van der Waals surface area contributed by atoms with Gasteiger partial charge in [0.15, 0.2) is 0 Å². The summed E-state index contributed by atoms with van der Waals surface area (Å²) in [6, 6.07) is 93.5. The Bertz CT molecular complexity index is 3540. The normalized spacial score (nSPS) is 11.3. The topological polar surface area (TPSA) is 16.4 Å². The quantitative estimate of drug-likeness (QED) is 0.135. The first-order valence-corrected chi connectivity index (χ1v) is 22.6. The van der Waals surface area contributed by atoms with Crippen molar-refractivity contribution in [3.8, 4) is 67.0 Å². The van der Waals surface area contributed by atoms with E-state index in [1.807, 2.05) is 0 Å². The van der Waals surface area contributed by atoms with Crippen LogP contribution in [-0.4, -0.2) is 0 Å². The molecular formula is C64H43NO. The van der Waals surface area contributed by atoms with Crippen molar-refractivity contribution in [1.82, 2.24) is 0 Å². The smallest absolute Gasteiger partial charge is 0.143 e. The minimum absolute atomic E-state index is 0.879. The minimum atomic E-state index is 0.879. The van der Waals surface area contributed by atoms with Gasteiger partial charge in [-0.2, -0.15) is 0 Å². The SMILES string of the molecule is c1ccc(-c2ccc(N(c3ccc(-c4ccccc4)cc3)c3ccc(-c4ccc5c(c4)c4ccc(-c6ccccc6)cc4c4oc(-c6ccccc6)c(-c6ccccc6)c54)cc3)cc2)cc1. The van der Waals surface area contributed by atoms with Gasteiger partial charge in [0.1, 0.15) is 11.3 Å². The van der Waals surface area contributed by atoms with Crippen LogP contribution in [0, 0.1) is 0 Å². The van der Waals surface area contributed by atoms with Gasteiger partial charge in [-0.3, -0.25) is 0 Å². The van der Waals surface area contributed by atoms with Crippen molar-refractivity contribution in [3.05, 3.63) is 261 Å². The largest absolute Gasteiger partial charge is 0.455 e. The summed E-state index contributed by atoms with van der Waals surface area (Å²) in [6.07, 6.45) is 0. The standard InChI is InChI=1S/C64H43NO/c1-6-16-44(17-7-1)47-26-34-54(35-27-47)65(55-36-28-48(29-37-55)45-18-8-2-9-19-45)56-38-30-49(31-39-56)52-33-41-58-59(42-52)57-40-32-53(46-20-10-3-11-21-46)43-60(57)64-62(58)61(50-22-12-4-13-23-50)63(66-64)51-24-14-5-15-25-51/h1-43H. The number of fused-ring (bicyclic) bond motifs is 6. The van der Waals surface area contributed by atoms with Crippen LogP contribution in [0.4, 0.5) is 17.1 Å². The van der Waals surface area contributed by atoms with Crippen LogP contribution in [0.2, 0.25) is 0 Å². The fourth-order valence-electron chi connectivity index (χ4n) is 9.61. The molecule has 11 aromatic carbocycles. The van der Waals surface area contributed by atoms with Crippen molar-refractivity contribution in [2.45, 2.75) is 0 Å². The first kappa shape index (κ1) is 38.9. The summed E-state index contributed by atoms with van der Waals surface area (Å²) in [5.41, 5.74) is 16.9. The van der Waals surface area contributed by atoms with Crippen LogP contribution in [0.5, 0.6) is 0 Å². The Morgan fingerprint density at radius 3 is 1.03 bits per heavy atom. The van der Waals surface area contributed by atoms with Crippen LogP contribution < -0.4 is 4.90 Å². The van der Waals surface area contributed by atoms with Gasteiger partial charge in [0.05, 0.1) is 0 Å². The molecule has 2 nitrogen and oxygen atoms in total.